The molecule has 62 valence electrons. The molecule has 0 radical (unpaired) electrons. The van der Waals surface area contributed by atoms with Crippen molar-refractivity contribution in [1.82, 2.24) is 8.61 Å². The number of hydrogen-bond donors (Lipinski definition) is 0. The normalized spacial score (nSPS) is 31.9. The fourth-order valence-corrected chi connectivity index (χ4v) is 2.21. The highest BCUT2D eigenvalue weighted by Crippen LogP contribution is 2.16. The van der Waals surface area contributed by atoms with Crippen molar-refractivity contribution in [3.05, 3.63) is 0 Å². The second-order valence-electron chi connectivity index (χ2n) is 2.49. The molecular formula is C6H10N2O2S. The zero-order valence-corrected chi connectivity index (χ0v) is 7.30. The summed E-state index contributed by atoms with van der Waals surface area (Å²) in [6.07, 6.45) is 5.12. The molecule has 1 aliphatic heterocycles. The van der Waals surface area contributed by atoms with Gasteiger partial charge in [-0.3, -0.25) is 0 Å². The van der Waals surface area contributed by atoms with Gasteiger partial charge >= 0.3 is 0 Å². The van der Waals surface area contributed by atoms with E-state index in [0.29, 0.717) is 6.54 Å². The summed E-state index contributed by atoms with van der Waals surface area (Å²) in [5.74, 6) is 2.40. The van der Waals surface area contributed by atoms with Gasteiger partial charge in [0.15, 0.2) is 0 Å². The van der Waals surface area contributed by atoms with E-state index in [-0.39, 0.29) is 6.04 Å². The van der Waals surface area contributed by atoms with Crippen LogP contribution in [-0.2, 0) is 10.2 Å². The van der Waals surface area contributed by atoms with E-state index in [4.69, 9.17) is 6.42 Å². The number of nitrogens with zero attached hydrogens (tertiary/aromatic N) is 2. The van der Waals surface area contributed by atoms with Gasteiger partial charge in [-0.05, 0) is 0 Å². The van der Waals surface area contributed by atoms with E-state index in [1.54, 1.807) is 0 Å². The summed E-state index contributed by atoms with van der Waals surface area (Å²) in [6.45, 7) is 0.384. The molecular weight excluding hydrogens is 164 g/mol. The average molecular weight is 174 g/mol. The van der Waals surface area contributed by atoms with Gasteiger partial charge in [-0.15, -0.1) is 6.42 Å². The fourth-order valence-electron chi connectivity index (χ4n) is 0.991. The summed E-state index contributed by atoms with van der Waals surface area (Å²) in [5, 5.41) is 0. The predicted molar refractivity (Wildman–Crippen MR) is 41.9 cm³/mol. The number of hydrogen-bond acceptors (Lipinski definition) is 2. The van der Waals surface area contributed by atoms with Crippen molar-refractivity contribution in [1.29, 1.82) is 0 Å². The van der Waals surface area contributed by atoms with E-state index in [9.17, 15) is 8.42 Å². The van der Waals surface area contributed by atoms with Crippen molar-refractivity contribution < 1.29 is 8.42 Å². The standard InChI is InChI=1S/C6H10N2O2S/c1-4-6-5-7(2)11(9,10)8(6)3/h1,6H,5H2,2-3H3. The third-order valence-electron chi connectivity index (χ3n) is 1.82. The zero-order valence-electron chi connectivity index (χ0n) is 6.48. The van der Waals surface area contributed by atoms with Crippen LogP contribution in [0.2, 0.25) is 0 Å². The molecule has 1 fully saturated rings. The van der Waals surface area contributed by atoms with Gasteiger partial charge in [-0.2, -0.15) is 17.0 Å². The molecule has 11 heavy (non-hydrogen) atoms. The maximum absolute atomic E-state index is 11.2. The summed E-state index contributed by atoms with van der Waals surface area (Å²) in [5.41, 5.74) is 0. The molecule has 4 nitrogen and oxygen atoms in total. The first-order chi connectivity index (χ1) is 5.00. The van der Waals surface area contributed by atoms with Crippen molar-refractivity contribution in [2.45, 2.75) is 6.04 Å². The first kappa shape index (κ1) is 8.53. The first-order valence-electron chi connectivity index (χ1n) is 3.15. The molecule has 1 rings (SSSR count). The van der Waals surface area contributed by atoms with Gasteiger partial charge in [0.2, 0.25) is 0 Å². The van der Waals surface area contributed by atoms with Gasteiger partial charge < -0.3 is 0 Å². The SMILES string of the molecule is C#CC1CN(C)S(=O)(=O)N1C. The smallest absolute Gasteiger partial charge is 0.195 e. The number of rotatable bonds is 0. The molecule has 0 aromatic rings. The number of likely N-dealkylation sites (N-methyl/N-ethyl adjacent to an activating group) is 2. The Hall–Kier alpha value is -0.570. The van der Waals surface area contributed by atoms with Crippen LogP contribution in [0.5, 0.6) is 0 Å². The van der Waals surface area contributed by atoms with Crippen LogP contribution in [0.3, 0.4) is 0 Å². The molecule has 1 unspecified atom stereocenters. The van der Waals surface area contributed by atoms with Gasteiger partial charge in [-0.25, -0.2) is 0 Å². The van der Waals surface area contributed by atoms with Gasteiger partial charge in [-0.1, -0.05) is 5.92 Å². The molecule has 0 aromatic heterocycles. The van der Waals surface area contributed by atoms with Crippen LogP contribution >= 0.6 is 0 Å². The summed E-state index contributed by atoms with van der Waals surface area (Å²) < 4.78 is 24.9. The Morgan fingerprint density at radius 2 is 2.09 bits per heavy atom. The van der Waals surface area contributed by atoms with E-state index in [1.165, 1.54) is 22.7 Å². The first-order valence-corrected chi connectivity index (χ1v) is 4.55. The molecule has 1 heterocycles. The van der Waals surface area contributed by atoms with Crippen LogP contribution in [0.4, 0.5) is 0 Å². The molecule has 0 aromatic carbocycles. The second kappa shape index (κ2) is 2.48. The Bertz CT molecular complexity index is 290. The average Bonchev–Trinajstić information content (AvgIpc) is 2.14. The molecule has 0 saturated carbocycles. The van der Waals surface area contributed by atoms with E-state index in [2.05, 4.69) is 5.92 Å². The maximum atomic E-state index is 11.2. The molecule has 0 aliphatic carbocycles. The summed E-state index contributed by atoms with van der Waals surface area (Å²) in [6, 6.07) is -0.315. The van der Waals surface area contributed by atoms with Crippen molar-refractivity contribution in [3.63, 3.8) is 0 Å². The quantitative estimate of drug-likeness (QED) is 0.447. The summed E-state index contributed by atoms with van der Waals surface area (Å²) in [4.78, 5) is 0. The van der Waals surface area contributed by atoms with E-state index < -0.39 is 10.2 Å². The Morgan fingerprint density at radius 3 is 2.27 bits per heavy atom. The topological polar surface area (TPSA) is 40.6 Å². The minimum Gasteiger partial charge on any atom is -0.195 e. The monoisotopic (exact) mass is 174 g/mol. The van der Waals surface area contributed by atoms with Crippen LogP contribution in [0.1, 0.15) is 0 Å². The fraction of sp³-hybridized carbons (Fsp3) is 0.667. The third kappa shape index (κ3) is 1.13. The predicted octanol–water partition coefficient (Wildman–Crippen LogP) is -0.890. The Balaban J connectivity index is 3.01. The highest BCUT2D eigenvalue weighted by molar-refractivity contribution is 7.87. The lowest BCUT2D eigenvalue weighted by Crippen LogP contribution is -2.30. The third-order valence-corrected chi connectivity index (χ3v) is 3.74. The minimum atomic E-state index is -3.24. The minimum absolute atomic E-state index is 0.315. The highest BCUT2D eigenvalue weighted by atomic mass is 32.2. The zero-order chi connectivity index (χ0) is 8.65. The molecule has 0 N–H and O–H groups in total. The summed E-state index contributed by atoms with van der Waals surface area (Å²) in [7, 11) is -0.234. The largest absolute Gasteiger partial charge is 0.282 e. The van der Waals surface area contributed by atoms with Gasteiger partial charge in [0.1, 0.15) is 0 Å². The van der Waals surface area contributed by atoms with Gasteiger partial charge in [0.25, 0.3) is 10.2 Å². The molecule has 0 bridgehead atoms. The summed E-state index contributed by atoms with van der Waals surface area (Å²) >= 11 is 0. The Labute approximate surface area is 67.0 Å². The lowest BCUT2D eigenvalue weighted by atomic mass is 10.3. The molecule has 0 amide bonds. The van der Waals surface area contributed by atoms with Crippen molar-refractivity contribution in [2.24, 2.45) is 0 Å². The Morgan fingerprint density at radius 1 is 1.55 bits per heavy atom. The van der Waals surface area contributed by atoms with Crippen LogP contribution in [-0.4, -0.2) is 43.7 Å². The van der Waals surface area contributed by atoms with Crippen molar-refractivity contribution in [3.8, 4) is 12.3 Å². The van der Waals surface area contributed by atoms with Gasteiger partial charge in [0, 0.05) is 20.6 Å². The number of terminal acetylenes is 1. The molecule has 1 saturated heterocycles. The van der Waals surface area contributed by atoms with E-state index in [1.807, 2.05) is 0 Å². The lowest BCUT2D eigenvalue weighted by molar-refractivity contribution is 0.470. The molecule has 5 heteroatoms. The highest BCUT2D eigenvalue weighted by Gasteiger charge is 2.37. The van der Waals surface area contributed by atoms with Crippen LogP contribution in [0.15, 0.2) is 0 Å². The lowest BCUT2D eigenvalue weighted by Gasteiger charge is -2.10. The van der Waals surface area contributed by atoms with Crippen LogP contribution in [0.25, 0.3) is 0 Å². The molecule has 1 atom stereocenters. The van der Waals surface area contributed by atoms with Crippen molar-refractivity contribution >= 4 is 10.2 Å². The molecule has 1 aliphatic rings. The van der Waals surface area contributed by atoms with E-state index >= 15 is 0 Å². The van der Waals surface area contributed by atoms with Crippen LogP contribution in [0, 0.1) is 12.3 Å². The second-order valence-corrected chi connectivity index (χ2v) is 4.58. The maximum Gasteiger partial charge on any atom is 0.282 e. The Kier molecular flexibility index (Phi) is 1.92. The van der Waals surface area contributed by atoms with Gasteiger partial charge in [0.05, 0.1) is 6.04 Å². The van der Waals surface area contributed by atoms with Crippen molar-refractivity contribution in [2.75, 3.05) is 20.6 Å². The molecule has 0 spiro atoms. The van der Waals surface area contributed by atoms with Crippen LogP contribution < -0.4 is 0 Å². The van der Waals surface area contributed by atoms with E-state index in [0.717, 1.165) is 0 Å².